The van der Waals surface area contributed by atoms with Crippen molar-refractivity contribution in [1.82, 2.24) is 15.5 Å². The second-order valence-corrected chi connectivity index (χ2v) is 4.29. The Morgan fingerprint density at radius 1 is 1.56 bits per heavy atom. The van der Waals surface area contributed by atoms with Gasteiger partial charge in [0.1, 0.15) is 5.69 Å². The molecule has 16 heavy (non-hydrogen) atoms. The third-order valence-corrected chi connectivity index (χ3v) is 3.14. The van der Waals surface area contributed by atoms with Gasteiger partial charge in [0, 0.05) is 18.7 Å². The Kier molecular flexibility index (Phi) is 3.56. The molecule has 2 unspecified atom stereocenters. The van der Waals surface area contributed by atoms with Gasteiger partial charge in [-0.3, -0.25) is 9.89 Å². The van der Waals surface area contributed by atoms with Gasteiger partial charge in [0.05, 0.1) is 6.10 Å². The number of rotatable bonds is 3. The van der Waals surface area contributed by atoms with E-state index >= 15 is 0 Å². The van der Waals surface area contributed by atoms with Crippen LogP contribution in [0.15, 0.2) is 12.3 Å². The van der Waals surface area contributed by atoms with Crippen LogP contribution in [0.1, 0.15) is 36.2 Å². The monoisotopic (exact) mass is 223 g/mol. The van der Waals surface area contributed by atoms with Gasteiger partial charge >= 0.3 is 0 Å². The highest BCUT2D eigenvalue weighted by atomic mass is 16.3. The van der Waals surface area contributed by atoms with Gasteiger partial charge in [-0.05, 0) is 18.9 Å². The van der Waals surface area contributed by atoms with Crippen molar-refractivity contribution in [2.45, 2.75) is 31.8 Å². The van der Waals surface area contributed by atoms with Crippen molar-refractivity contribution in [1.29, 1.82) is 0 Å². The number of hydrogen-bond acceptors (Lipinski definition) is 3. The molecule has 2 atom stereocenters. The summed E-state index contributed by atoms with van der Waals surface area (Å²) < 4.78 is 0. The van der Waals surface area contributed by atoms with E-state index in [-0.39, 0.29) is 17.9 Å². The second kappa shape index (κ2) is 5.12. The van der Waals surface area contributed by atoms with Gasteiger partial charge in [-0.1, -0.05) is 12.8 Å². The Bertz CT molecular complexity index is 337. The number of hydrogen-bond donors (Lipinski definition) is 3. The maximum atomic E-state index is 11.6. The Morgan fingerprint density at radius 2 is 2.38 bits per heavy atom. The maximum absolute atomic E-state index is 11.6. The summed E-state index contributed by atoms with van der Waals surface area (Å²) in [5, 5.41) is 18.9. The van der Waals surface area contributed by atoms with Gasteiger partial charge in [0.25, 0.3) is 5.91 Å². The molecule has 1 amide bonds. The topological polar surface area (TPSA) is 78.0 Å². The number of H-pyrrole nitrogens is 1. The van der Waals surface area contributed by atoms with Gasteiger partial charge in [-0.2, -0.15) is 5.10 Å². The molecular formula is C11H17N3O2. The molecule has 1 aliphatic carbocycles. The molecule has 1 aromatic rings. The van der Waals surface area contributed by atoms with Gasteiger partial charge in [-0.15, -0.1) is 0 Å². The van der Waals surface area contributed by atoms with E-state index < -0.39 is 0 Å². The molecule has 1 aliphatic rings. The predicted molar refractivity (Wildman–Crippen MR) is 58.9 cm³/mol. The van der Waals surface area contributed by atoms with Gasteiger partial charge in [0.2, 0.25) is 0 Å². The minimum Gasteiger partial charge on any atom is -0.393 e. The first-order valence-corrected chi connectivity index (χ1v) is 5.73. The van der Waals surface area contributed by atoms with Crippen molar-refractivity contribution >= 4 is 5.91 Å². The van der Waals surface area contributed by atoms with Crippen LogP contribution in [0.2, 0.25) is 0 Å². The van der Waals surface area contributed by atoms with E-state index in [1.807, 2.05) is 0 Å². The zero-order valence-corrected chi connectivity index (χ0v) is 9.15. The fraction of sp³-hybridized carbons (Fsp3) is 0.636. The van der Waals surface area contributed by atoms with Crippen LogP contribution < -0.4 is 5.32 Å². The SMILES string of the molecule is O=C(NCC1CCCCC1O)c1ccn[nH]1. The highest BCUT2D eigenvalue weighted by Crippen LogP contribution is 2.23. The predicted octanol–water partition coefficient (Wildman–Crippen LogP) is 0.691. The van der Waals surface area contributed by atoms with Gasteiger partial charge in [-0.25, -0.2) is 0 Å². The third-order valence-electron chi connectivity index (χ3n) is 3.14. The van der Waals surface area contributed by atoms with Crippen LogP contribution >= 0.6 is 0 Å². The molecule has 88 valence electrons. The third kappa shape index (κ3) is 2.61. The lowest BCUT2D eigenvalue weighted by molar-refractivity contribution is 0.0661. The highest BCUT2D eigenvalue weighted by Gasteiger charge is 2.23. The fourth-order valence-electron chi connectivity index (χ4n) is 2.13. The number of nitrogens with one attached hydrogen (secondary N) is 2. The molecule has 0 spiro atoms. The molecule has 0 saturated heterocycles. The lowest BCUT2D eigenvalue weighted by Crippen LogP contribution is -2.36. The summed E-state index contributed by atoms with van der Waals surface area (Å²) in [5.74, 6) is 0.0379. The number of amides is 1. The van der Waals surface area contributed by atoms with Gasteiger partial charge in [0.15, 0.2) is 0 Å². The van der Waals surface area contributed by atoms with Crippen molar-refractivity contribution < 1.29 is 9.90 Å². The summed E-state index contributed by atoms with van der Waals surface area (Å²) >= 11 is 0. The van der Waals surface area contributed by atoms with E-state index in [4.69, 9.17) is 0 Å². The molecule has 0 bridgehead atoms. The van der Waals surface area contributed by atoms with Crippen molar-refractivity contribution in [2.75, 3.05) is 6.54 Å². The van der Waals surface area contributed by atoms with Crippen molar-refractivity contribution in [3.05, 3.63) is 18.0 Å². The molecule has 5 nitrogen and oxygen atoms in total. The molecule has 1 fully saturated rings. The minimum atomic E-state index is -0.268. The van der Waals surface area contributed by atoms with Crippen molar-refractivity contribution in [3.8, 4) is 0 Å². The zero-order valence-electron chi connectivity index (χ0n) is 9.15. The number of nitrogens with zero attached hydrogens (tertiary/aromatic N) is 1. The standard InChI is InChI=1S/C11H17N3O2/c15-10-4-2-1-3-8(10)7-12-11(16)9-5-6-13-14-9/h5-6,8,10,15H,1-4,7H2,(H,12,16)(H,13,14). The molecule has 0 aliphatic heterocycles. The van der Waals surface area contributed by atoms with Crippen LogP contribution in [-0.2, 0) is 0 Å². The molecule has 2 rings (SSSR count). The van der Waals surface area contributed by atoms with E-state index in [1.54, 1.807) is 12.3 Å². The van der Waals surface area contributed by atoms with E-state index in [2.05, 4.69) is 15.5 Å². The molecule has 3 N–H and O–H groups in total. The summed E-state index contributed by atoms with van der Waals surface area (Å²) in [4.78, 5) is 11.6. The number of aromatic amines is 1. The van der Waals surface area contributed by atoms with Crippen molar-refractivity contribution in [2.24, 2.45) is 5.92 Å². The molecule has 0 radical (unpaired) electrons. The summed E-state index contributed by atoms with van der Waals surface area (Å²) in [6, 6.07) is 1.63. The Labute approximate surface area is 94.2 Å². The summed E-state index contributed by atoms with van der Waals surface area (Å²) in [6.45, 7) is 0.541. The van der Waals surface area contributed by atoms with Crippen LogP contribution in [0.4, 0.5) is 0 Å². The smallest absolute Gasteiger partial charge is 0.269 e. The average molecular weight is 223 g/mol. The molecule has 0 aromatic carbocycles. The lowest BCUT2D eigenvalue weighted by Gasteiger charge is -2.27. The number of carbonyl (C=O) groups excluding carboxylic acids is 1. The van der Waals surface area contributed by atoms with Crippen LogP contribution in [0, 0.1) is 5.92 Å². The second-order valence-electron chi connectivity index (χ2n) is 4.29. The fourth-order valence-corrected chi connectivity index (χ4v) is 2.13. The Hall–Kier alpha value is -1.36. The van der Waals surface area contributed by atoms with Crippen LogP contribution in [0.5, 0.6) is 0 Å². The number of carbonyl (C=O) groups is 1. The average Bonchev–Trinajstić information content (AvgIpc) is 2.81. The summed E-state index contributed by atoms with van der Waals surface area (Å²) in [7, 11) is 0. The first-order valence-electron chi connectivity index (χ1n) is 5.73. The van der Waals surface area contributed by atoms with Gasteiger partial charge < -0.3 is 10.4 Å². The number of aliphatic hydroxyl groups is 1. The largest absolute Gasteiger partial charge is 0.393 e. The lowest BCUT2D eigenvalue weighted by atomic mass is 9.86. The Morgan fingerprint density at radius 3 is 3.06 bits per heavy atom. The summed E-state index contributed by atoms with van der Waals surface area (Å²) in [6.07, 6.45) is 5.35. The normalized spacial score (nSPS) is 25.3. The Balaban J connectivity index is 1.80. The van der Waals surface area contributed by atoms with Crippen LogP contribution in [0.3, 0.4) is 0 Å². The first kappa shape index (κ1) is 11.1. The quantitative estimate of drug-likeness (QED) is 0.705. The highest BCUT2D eigenvalue weighted by molar-refractivity contribution is 5.92. The summed E-state index contributed by atoms with van der Waals surface area (Å²) in [5.41, 5.74) is 0.463. The molecule has 1 saturated carbocycles. The van der Waals surface area contributed by atoms with E-state index in [0.717, 1.165) is 25.7 Å². The molecular weight excluding hydrogens is 206 g/mol. The van der Waals surface area contributed by atoms with Crippen LogP contribution in [0.25, 0.3) is 0 Å². The maximum Gasteiger partial charge on any atom is 0.269 e. The van der Waals surface area contributed by atoms with E-state index in [9.17, 15) is 9.90 Å². The zero-order chi connectivity index (χ0) is 11.4. The molecule has 1 heterocycles. The number of aromatic nitrogens is 2. The van der Waals surface area contributed by atoms with Crippen molar-refractivity contribution in [3.63, 3.8) is 0 Å². The van der Waals surface area contributed by atoms with E-state index in [0.29, 0.717) is 12.2 Å². The molecule has 1 aromatic heterocycles. The first-order chi connectivity index (χ1) is 7.77. The minimum absolute atomic E-state index is 0.157. The molecule has 5 heteroatoms. The van der Waals surface area contributed by atoms with E-state index in [1.165, 1.54) is 0 Å². The van der Waals surface area contributed by atoms with Crippen LogP contribution in [-0.4, -0.2) is 33.9 Å². The number of aliphatic hydroxyl groups excluding tert-OH is 1.